The van der Waals surface area contributed by atoms with Gasteiger partial charge in [-0.2, -0.15) is 0 Å². The zero-order valence-electron chi connectivity index (χ0n) is 10.4. The molecule has 1 aromatic rings. The molecule has 0 amide bonds. The standard InChI is InChI=1S/C12H17NO4S/c1-9-7-10(3-4-11(9)17-2)18(15,16)13-12(8-14)5-6-12/h3-4,7,13-14H,5-6,8H2,1-2H3. The van der Waals surface area contributed by atoms with Crippen molar-refractivity contribution in [3.63, 3.8) is 0 Å². The van der Waals surface area contributed by atoms with Gasteiger partial charge in [0, 0.05) is 0 Å². The molecular weight excluding hydrogens is 254 g/mol. The quantitative estimate of drug-likeness (QED) is 0.831. The van der Waals surface area contributed by atoms with Crippen LogP contribution in [0, 0.1) is 6.92 Å². The molecule has 0 atom stereocenters. The number of nitrogens with one attached hydrogen (secondary N) is 1. The molecule has 1 aliphatic rings. The predicted octanol–water partition coefficient (Wildman–Crippen LogP) is 0.807. The van der Waals surface area contributed by atoms with Crippen LogP contribution in [0.2, 0.25) is 0 Å². The summed E-state index contributed by atoms with van der Waals surface area (Å²) < 4.78 is 31.9. The van der Waals surface area contributed by atoms with E-state index < -0.39 is 15.6 Å². The van der Waals surface area contributed by atoms with Gasteiger partial charge in [0.1, 0.15) is 5.75 Å². The Kier molecular flexibility index (Phi) is 3.35. The van der Waals surface area contributed by atoms with E-state index in [-0.39, 0.29) is 11.5 Å². The van der Waals surface area contributed by atoms with Crippen LogP contribution in [0.1, 0.15) is 18.4 Å². The van der Waals surface area contributed by atoms with Gasteiger partial charge in [-0.15, -0.1) is 0 Å². The first-order chi connectivity index (χ1) is 8.42. The second-order valence-electron chi connectivity index (χ2n) is 4.68. The number of hydrogen-bond donors (Lipinski definition) is 2. The van der Waals surface area contributed by atoms with Gasteiger partial charge < -0.3 is 9.84 Å². The summed E-state index contributed by atoms with van der Waals surface area (Å²) >= 11 is 0. The zero-order valence-corrected chi connectivity index (χ0v) is 11.3. The highest BCUT2D eigenvalue weighted by molar-refractivity contribution is 7.89. The summed E-state index contributed by atoms with van der Waals surface area (Å²) in [5.41, 5.74) is 0.112. The van der Waals surface area contributed by atoms with E-state index in [0.717, 1.165) is 5.56 Å². The van der Waals surface area contributed by atoms with Crippen LogP contribution in [0.3, 0.4) is 0 Å². The maximum Gasteiger partial charge on any atom is 0.241 e. The zero-order chi connectivity index (χ0) is 13.4. The SMILES string of the molecule is COc1ccc(S(=O)(=O)NC2(CO)CC2)cc1C. The molecule has 0 unspecified atom stereocenters. The van der Waals surface area contributed by atoms with Crippen LogP contribution in [0.4, 0.5) is 0 Å². The third-order valence-corrected chi connectivity index (χ3v) is 4.76. The molecule has 0 aromatic heterocycles. The fourth-order valence-corrected chi connectivity index (χ4v) is 3.34. The van der Waals surface area contributed by atoms with Gasteiger partial charge in [0.05, 0.1) is 24.2 Å². The first-order valence-electron chi connectivity index (χ1n) is 5.72. The van der Waals surface area contributed by atoms with Crippen LogP contribution >= 0.6 is 0 Å². The number of aliphatic hydroxyl groups excluding tert-OH is 1. The van der Waals surface area contributed by atoms with Gasteiger partial charge >= 0.3 is 0 Å². The van der Waals surface area contributed by atoms with Crippen molar-refractivity contribution in [2.24, 2.45) is 0 Å². The van der Waals surface area contributed by atoms with Crippen molar-refractivity contribution in [1.29, 1.82) is 0 Å². The lowest BCUT2D eigenvalue weighted by Crippen LogP contribution is -2.39. The second kappa shape index (κ2) is 4.53. The molecular formula is C12H17NO4S. The van der Waals surface area contributed by atoms with Crippen LogP contribution in [0.15, 0.2) is 23.1 Å². The largest absolute Gasteiger partial charge is 0.496 e. The van der Waals surface area contributed by atoms with E-state index in [1.165, 1.54) is 6.07 Å². The summed E-state index contributed by atoms with van der Waals surface area (Å²) in [5, 5.41) is 9.16. The summed E-state index contributed by atoms with van der Waals surface area (Å²) in [5.74, 6) is 0.650. The van der Waals surface area contributed by atoms with E-state index in [1.54, 1.807) is 26.2 Å². The summed E-state index contributed by atoms with van der Waals surface area (Å²) in [7, 11) is -2.04. The van der Waals surface area contributed by atoms with Crippen molar-refractivity contribution in [3.05, 3.63) is 23.8 Å². The van der Waals surface area contributed by atoms with Gasteiger partial charge in [-0.05, 0) is 43.5 Å². The number of ether oxygens (including phenoxy) is 1. The maximum absolute atomic E-state index is 12.1. The van der Waals surface area contributed by atoms with Crippen LogP contribution in [-0.4, -0.2) is 32.8 Å². The first-order valence-corrected chi connectivity index (χ1v) is 7.20. The highest BCUT2D eigenvalue weighted by Gasteiger charge is 2.45. The highest BCUT2D eigenvalue weighted by Crippen LogP contribution is 2.36. The Morgan fingerprint density at radius 2 is 2.11 bits per heavy atom. The fourth-order valence-electron chi connectivity index (χ4n) is 1.81. The molecule has 5 nitrogen and oxygen atoms in total. The van der Waals surface area contributed by atoms with Crippen LogP contribution in [-0.2, 0) is 10.0 Å². The number of aliphatic hydroxyl groups is 1. The molecule has 1 saturated carbocycles. The maximum atomic E-state index is 12.1. The van der Waals surface area contributed by atoms with Crippen molar-refractivity contribution in [1.82, 2.24) is 4.72 Å². The number of hydrogen-bond acceptors (Lipinski definition) is 4. The lowest BCUT2D eigenvalue weighted by Gasteiger charge is -2.15. The molecule has 1 aromatic carbocycles. The molecule has 0 bridgehead atoms. The number of rotatable bonds is 5. The normalized spacial score (nSPS) is 17.5. The summed E-state index contributed by atoms with van der Waals surface area (Å²) in [6, 6.07) is 4.69. The Hall–Kier alpha value is -1.11. The Bertz CT molecular complexity index is 549. The summed E-state index contributed by atoms with van der Waals surface area (Å²) in [4.78, 5) is 0.195. The van der Waals surface area contributed by atoms with E-state index in [9.17, 15) is 8.42 Å². The molecule has 0 radical (unpaired) electrons. The lowest BCUT2D eigenvalue weighted by atomic mass is 10.2. The van der Waals surface area contributed by atoms with E-state index >= 15 is 0 Å². The highest BCUT2D eigenvalue weighted by atomic mass is 32.2. The topological polar surface area (TPSA) is 75.6 Å². The van der Waals surface area contributed by atoms with Gasteiger partial charge in [-0.25, -0.2) is 13.1 Å². The Morgan fingerprint density at radius 1 is 1.44 bits per heavy atom. The average molecular weight is 271 g/mol. The Morgan fingerprint density at radius 3 is 2.56 bits per heavy atom. The van der Waals surface area contributed by atoms with Crippen molar-refractivity contribution in [2.75, 3.05) is 13.7 Å². The first kappa shape index (κ1) is 13.3. The van der Waals surface area contributed by atoms with E-state index in [4.69, 9.17) is 9.84 Å². The van der Waals surface area contributed by atoms with Crippen molar-refractivity contribution in [2.45, 2.75) is 30.2 Å². The van der Waals surface area contributed by atoms with Crippen molar-refractivity contribution in [3.8, 4) is 5.75 Å². The molecule has 0 saturated heterocycles. The second-order valence-corrected chi connectivity index (χ2v) is 6.36. The third-order valence-electron chi connectivity index (χ3n) is 3.18. The Labute approximate surface area is 107 Å². The minimum absolute atomic E-state index is 0.165. The average Bonchev–Trinajstić information content (AvgIpc) is 3.08. The van der Waals surface area contributed by atoms with Crippen molar-refractivity contribution >= 4 is 10.0 Å². The predicted molar refractivity (Wildman–Crippen MR) is 67.1 cm³/mol. The lowest BCUT2D eigenvalue weighted by molar-refractivity contribution is 0.246. The smallest absolute Gasteiger partial charge is 0.241 e. The van der Waals surface area contributed by atoms with Crippen LogP contribution in [0.5, 0.6) is 5.75 Å². The van der Waals surface area contributed by atoms with Crippen molar-refractivity contribution < 1.29 is 18.3 Å². The number of aryl methyl sites for hydroxylation is 1. The molecule has 2 N–H and O–H groups in total. The monoisotopic (exact) mass is 271 g/mol. The molecule has 100 valence electrons. The number of benzene rings is 1. The minimum Gasteiger partial charge on any atom is -0.496 e. The van der Waals surface area contributed by atoms with Gasteiger partial charge in [-0.3, -0.25) is 0 Å². The molecule has 0 heterocycles. The summed E-state index contributed by atoms with van der Waals surface area (Å²) in [6.07, 6.45) is 1.36. The van der Waals surface area contributed by atoms with E-state index in [0.29, 0.717) is 18.6 Å². The molecule has 0 aliphatic heterocycles. The third kappa shape index (κ3) is 2.50. The van der Waals surface area contributed by atoms with E-state index in [2.05, 4.69) is 4.72 Å². The van der Waals surface area contributed by atoms with Gasteiger partial charge in [0.15, 0.2) is 0 Å². The molecule has 1 aliphatic carbocycles. The number of methoxy groups -OCH3 is 1. The minimum atomic E-state index is -3.58. The summed E-state index contributed by atoms with van der Waals surface area (Å²) in [6.45, 7) is 1.62. The van der Waals surface area contributed by atoms with Crippen LogP contribution in [0.25, 0.3) is 0 Å². The molecule has 0 spiro atoms. The fraction of sp³-hybridized carbons (Fsp3) is 0.500. The molecule has 1 fully saturated rings. The Balaban J connectivity index is 2.27. The number of sulfonamides is 1. The van der Waals surface area contributed by atoms with Gasteiger partial charge in [-0.1, -0.05) is 0 Å². The molecule has 6 heteroatoms. The molecule has 18 heavy (non-hydrogen) atoms. The van der Waals surface area contributed by atoms with Gasteiger partial charge in [0.25, 0.3) is 0 Å². The molecule has 2 rings (SSSR count). The van der Waals surface area contributed by atoms with E-state index in [1.807, 2.05) is 0 Å². The van der Waals surface area contributed by atoms with Gasteiger partial charge in [0.2, 0.25) is 10.0 Å². The van der Waals surface area contributed by atoms with Crippen LogP contribution < -0.4 is 9.46 Å².